The van der Waals surface area contributed by atoms with Gasteiger partial charge in [-0.3, -0.25) is 4.79 Å². The van der Waals surface area contributed by atoms with E-state index >= 15 is 0 Å². The number of carbonyl (C=O) groups is 1. The van der Waals surface area contributed by atoms with Crippen LogP contribution in [0.3, 0.4) is 0 Å². The molecule has 0 bridgehead atoms. The highest BCUT2D eigenvalue weighted by molar-refractivity contribution is 5.87. The largest absolute Gasteiger partial charge is 0.347 e. The second-order valence-corrected chi connectivity index (χ2v) is 3.37. The Labute approximate surface area is 82.6 Å². The number of aromatic amines is 1. The van der Waals surface area contributed by atoms with Gasteiger partial charge in [0.25, 0.3) is 0 Å². The molecular weight excluding hydrogens is 178 g/mol. The molecule has 14 heavy (non-hydrogen) atoms. The van der Waals surface area contributed by atoms with E-state index in [-0.39, 0.29) is 11.9 Å². The number of aromatic nitrogens is 2. The van der Waals surface area contributed by atoms with E-state index in [1.807, 2.05) is 4.90 Å². The predicted octanol–water partition coefficient (Wildman–Crippen LogP) is 1.26. The molecule has 74 valence electrons. The van der Waals surface area contributed by atoms with Crippen LogP contribution in [-0.4, -0.2) is 27.3 Å². The number of H-pyrrole nitrogens is 1. The van der Waals surface area contributed by atoms with Crippen molar-refractivity contribution < 1.29 is 4.79 Å². The standard InChI is InChI=1S/C10H13N3O/c1-2-9(14)13-7-3-4-8(13)10-11-5-6-12-10/h2,5-6,8H,1,3-4,7H2,(H,11,12). The first kappa shape index (κ1) is 8.99. The van der Waals surface area contributed by atoms with Gasteiger partial charge in [0.15, 0.2) is 0 Å². The minimum Gasteiger partial charge on any atom is -0.347 e. The van der Waals surface area contributed by atoms with Crippen molar-refractivity contribution in [1.29, 1.82) is 0 Å². The summed E-state index contributed by atoms with van der Waals surface area (Å²) in [4.78, 5) is 20.5. The molecule has 1 aromatic rings. The van der Waals surface area contributed by atoms with Gasteiger partial charge >= 0.3 is 0 Å². The summed E-state index contributed by atoms with van der Waals surface area (Å²) in [7, 11) is 0. The minimum absolute atomic E-state index is 0.0103. The number of carbonyl (C=O) groups excluding carboxylic acids is 1. The van der Waals surface area contributed by atoms with Crippen LogP contribution in [0.25, 0.3) is 0 Å². The third kappa shape index (κ3) is 1.43. The van der Waals surface area contributed by atoms with Crippen LogP contribution >= 0.6 is 0 Å². The molecule has 1 aromatic heterocycles. The second-order valence-electron chi connectivity index (χ2n) is 3.37. The number of likely N-dealkylation sites (tertiary alicyclic amines) is 1. The summed E-state index contributed by atoms with van der Waals surface area (Å²) in [6, 6.07) is 0.107. The summed E-state index contributed by atoms with van der Waals surface area (Å²) in [5.74, 6) is 0.863. The van der Waals surface area contributed by atoms with E-state index in [0.717, 1.165) is 25.2 Å². The van der Waals surface area contributed by atoms with E-state index in [1.165, 1.54) is 6.08 Å². The van der Waals surface area contributed by atoms with E-state index in [1.54, 1.807) is 12.4 Å². The molecule has 1 aliphatic rings. The van der Waals surface area contributed by atoms with Gasteiger partial charge in [-0.2, -0.15) is 0 Å². The molecule has 0 spiro atoms. The monoisotopic (exact) mass is 191 g/mol. The van der Waals surface area contributed by atoms with Gasteiger partial charge in [0.05, 0.1) is 6.04 Å². The topological polar surface area (TPSA) is 49.0 Å². The molecule has 0 aliphatic carbocycles. The fraction of sp³-hybridized carbons (Fsp3) is 0.400. The summed E-state index contributed by atoms with van der Waals surface area (Å²) in [6.07, 6.45) is 6.87. The molecule has 4 heteroatoms. The molecular formula is C10H13N3O. The highest BCUT2D eigenvalue weighted by Gasteiger charge is 2.29. The normalized spacial score (nSPS) is 21.1. The van der Waals surface area contributed by atoms with E-state index < -0.39 is 0 Å². The highest BCUT2D eigenvalue weighted by atomic mass is 16.2. The van der Waals surface area contributed by atoms with Crippen LogP contribution in [0, 0.1) is 0 Å². The molecule has 1 fully saturated rings. The van der Waals surface area contributed by atoms with Crippen LogP contribution in [0.2, 0.25) is 0 Å². The zero-order chi connectivity index (χ0) is 9.97. The van der Waals surface area contributed by atoms with Gasteiger partial charge in [-0.15, -0.1) is 0 Å². The summed E-state index contributed by atoms with van der Waals surface area (Å²) in [5, 5.41) is 0. The Morgan fingerprint density at radius 2 is 2.64 bits per heavy atom. The fourth-order valence-electron chi connectivity index (χ4n) is 1.89. The molecule has 1 unspecified atom stereocenters. The van der Waals surface area contributed by atoms with Gasteiger partial charge in [-0.1, -0.05) is 6.58 Å². The van der Waals surface area contributed by atoms with Gasteiger partial charge < -0.3 is 9.88 Å². The smallest absolute Gasteiger partial charge is 0.246 e. The van der Waals surface area contributed by atoms with Crippen molar-refractivity contribution >= 4 is 5.91 Å². The van der Waals surface area contributed by atoms with Crippen LogP contribution < -0.4 is 0 Å². The maximum absolute atomic E-state index is 11.5. The Morgan fingerprint density at radius 1 is 1.79 bits per heavy atom. The first-order chi connectivity index (χ1) is 6.83. The first-order valence-corrected chi connectivity index (χ1v) is 4.75. The molecule has 0 radical (unpaired) electrons. The van der Waals surface area contributed by atoms with Gasteiger partial charge in [-0.05, 0) is 18.9 Å². The van der Waals surface area contributed by atoms with Crippen molar-refractivity contribution in [3.05, 3.63) is 30.9 Å². The zero-order valence-electron chi connectivity index (χ0n) is 7.94. The summed E-state index contributed by atoms with van der Waals surface area (Å²) in [5.41, 5.74) is 0. The number of hydrogen-bond acceptors (Lipinski definition) is 2. The molecule has 1 atom stereocenters. The Morgan fingerprint density at radius 3 is 3.29 bits per heavy atom. The first-order valence-electron chi connectivity index (χ1n) is 4.75. The molecule has 1 aliphatic heterocycles. The summed E-state index contributed by atoms with van der Waals surface area (Å²) >= 11 is 0. The number of rotatable bonds is 2. The maximum Gasteiger partial charge on any atom is 0.246 e. The Balaban J connectivity index is 2.19. The van der Waals surface area contributed by atoms with Crippen molar-refractivity contribution in [2.24, 2.45) is 0 Å². The number of nitrogens with zero attached hydrogens (tertiary/aromatic N) is 2. The average Bonchev–Trinajstić information content (AvgIpc) is 2.85. The van der Waals surface area contributed by atoms with Crippen molar-refractivity contribution in [3.8, 4) is 0 Å². The summed E-state index contributed by atoms with van der Waals surface area (Å²) in [6.45, 7) is 4.30. The van der Waals surface area contributed by atoms with Crippen LogP contribution in [0.5, 0.6) is 0 Å². The number of imidazole rings is 1. The third-order valence-electron chi connectivity index (χ3n) is 2.55. The lowest BCUT2D eigenvalue weighted by molar-refractivity contribution is -0.127. The van der Waals surface area contributed by atoms with E-state index in [0.29, 0.717) is 0 Å². The number of nitrogens with one attached hydrogen (secondary N) is 1. The maximum atomic E-state index is 11.5. The van der Waals surface area contributed by atoms with Gasteiger partial charge in [-0.25, -0.2) is 4.98 Å². The van der Waals surface area contributed by atoms with E-state index in [4.69, 9.17) is 0 Å². The Hall–Kier alpha value is -1.58. The predicted molar refractivity (Wildman–Crippen MR) is 52.5 cm³/mol. The van der Waals surface area contributed by atoms with Crippen LogP contribution in [0.15, 0.2) is 25.0 Å². The quantitative estimate of drug-likeness (QED) is 0.715. The molecule has 1 amide bonds. The van der Waals surface area contributed by atoms with Gasteiger partial charge in [0.1, 0.15) is 5.82 Å². The molecule has 2 heterocycles. The fourth-order valence-corrected chi connectivity index (χ4v) is 1.89. The SMILES string of the molecule is C=CC(=O)N1CCCC1c1ncc[nH]1. The van der Waals surface area contributed by atoms with Gasteiger partial charge in [0, 0.05) is 18.9 Å². The second kappa shape index (κ2) is 3.65. The summed E-state index contributed by atoms with van der Waals surface area (Å²) < 4.78 is 0. The zero-order valence-corrected chi connectivity index (χ0v) is 7.94. The molecule has 0 aromatic carbocycles. The molecule has 1 N–H and O–H groups in total. The molecule has 0 saturated carbocycles. The lowest BCUT2D eigenvalue weighted by Gasteiger charge is -2.21. The van der Waals surface area contributed by atoms with Crippen LogP contribution in [0.4, 0.5) is 0 Å². The van der Waals surface area contributed by atoms with Crippen molar-refractivity contribution in [2.45, 2.75) is 18.9 Å². The Bertz CT molecular complexity index is 331. The average molecular weight is 191 g/mol. The number of amides is 1. The van der Waals surface area contributed by atoms with Crippen molar-refractivity contribution in [2.75, 3.05) is 6.54 Å². The number of hydrogen-bond donors (Lipinski definition) is 1. The molecule has 4 nitrogen and oxygen atoms in total. The van der Waals surface area contributed by atoms with Crippen molar-refractivity contribution in [3.63, 3.8) is 0 Å². The Kier molecular flexibility index (Phi) is 2.35. The van der Waals surface area contributed by atoms with Gasteiger partial charge in [0.2, 0.25) is 5.91 Å². The van der Waals surface area contributed by atoms with Crippen LogP contribution in [0.1, 0.15) is 24.7 Å². The van der Waals surface area contributed by atoms with Crippen LogP contribution in [-0.2, 0) is 4.79 Å². The van der Waals surface area contributed by atoms with E-state index in [2.05, 4.69) is 16.5 Å². The molecule has 2 rings (SSSR count). The third-order valence-corrected chi connectivity index (χ3v) is 2.55. The van der Waals surface area contributed by atoms with Crippen molar-refractivity contribution in [1.82, 2.24) is 14.9 Å². The lowest BCUT2D eigenvalue weighted by atomic mass is 10.2. The highest BCUT2D eigenvalue weighted by Crippen LogP contribution is 2.29. The molecule has 1 saturated heterocycles. The van der Waals surface area contributed by atoms with E-state index in [9.17, 15) is 4.79 Å². The lowest BCUT2D eigenvalue weighted by Crippen LogP contribution is -2.29. The minimum atomic E-state index is -0.0103.